The SMILES string of the molecule is O=c1[nH]cnc(N2CC3CCCC3C2)c1Cl. The van der Waals surface area contributed by atoms with Crippen molar-refractivity contribution in [2.24, 2.45) is 11.8 Å². The summed E-state index contributed by atoms with van der Waals surface area (Å²) in [7, 11) is 0. The van der Waals surface area contributed by atoms with Gasteiger partial charge in [0.15, 0.2) is 5.82 Å². The molecule has 2 aliphatic rings. The molecule has 0 spiro atoms. The van der Waals surface area contributed by atoms with E-state index < -0.39 is 0 Å². The second kappa shape index (κ2) is 3.77. The largest absolute Gasteiger partial charge is 0.355 e. The van der Waals surface area contributed by atoms with Gasteiger partial charge < -0.3 is 9.88 Å². The molecule has 4 nitrogen and oxygen atoms in total. The molecule has 1 aromatic heterocycles. The van der Waals surface area contributed by atoms with Crippen LogP contribution >= 0.6 is 11.6 Å². The van der Waals surface area contributed by atoms with Crippen LogP contribution in [0.1, 0.15) is 19.3 Å². The Balaban J connectivity index is 1.89. The molecule has 2 heterocycles. The fourth-order valence-electron chi connectivity index (χ4n) is 3.00. The lowest BCUT2D eigenvalue weighted by atomic mass is 10.0. The van der Waals surface area contributed by atoms with Gasteiger partial charge in [0.1, 0.15) is 5.02 Å². The topological polar surface area (TPSA) is 49.0 Å². The van der Waals surface area contributed by atoms with Gasteiger partial charge in [0.25, 0.3) is 5.56 Å². The molecule has 1 aliphatic heterocycles. The van der Waals surface area contributed by atoms with Crippen LogP contribution in [0.5, 0.6) is 0 Å². The van der Waals surface area contributed by atoms with E-state index in [-0.39, 0.29) is 10.6 Å². The number of hydrogen-bond acceptors (Lipinski definition) is 3. The van der Waals surface area contributed by atoms with E-state index in [9.17, 15) is 4.79 Å². The number of fused-ring (bicyclic) bond motifs is 1. The molecule has 0 aromatic carbocycles. The third-order valence-electron chi connectivity index (χ3n) is 3.80. The minimum atomic E-state index is -0.247. The first kappa shape index (κ1) is 10.1. The van der Waals surface area contributed by atoms with E-state index >= 15 is 0 Å². The number of rotatable bonds is 1. The second-order valence-corrected chi connectivity index (χ2v) is 5.10. The van der Waals surface area contributed by atoms with Gasteiger partial charge in [-0.1, -0.05) is 18.0 Å². The predicted octanol–water partition coefficient (Wildman–Crippen LogP) is 1.66. The number of nitrogens with one attached hydrogen (secondary N) is 1. The molecule has 0 amide bonds. The van der Waals surface area contributed by atoms with E-state index in [4.69, 9.17) is 11.6 Å². The summed E-state index contributed by atoms with van der Waals surface area (Å²) in [5.74, 6) is 2.20. The molecule has 2 unspecified atom stereocenters. The van der Waals surface area contributed by atoms with E-state index in [1.807, 2.05) is 0 Å². The molecular formula is C11H14ClN3O. The van der Waals surface area contributed by atoms with Crippen LogP contribution in [0.4, 0.5) is 5.82 Å². The Bertz CT molecular complexity index is 447. The first-order chi connectivity index (χ1) is 7.75. The monoisotopic (exact) mass is 239 g/mol. The van der Waals surface area contributed by atoms with Crippen LogP contribution in [0.2, 0.25) is 5.02 Å². The number of halogens is 1. The quantitative estimate of drug-likeness (QED) is 0.811. The number of nitrogens with zero attached hydrogens (tertiary/aromatic N) is 2. The van der Waals surface area contributed by atoms with Gasteiger partial charge in [-0.05, 0) is 24.7 Å². The summed E-state index contributed by atoms with van der Waals surface area (Å²) in [4.78, 5) is 20.2. The summed E-state index contributed by atoms with van der Waals surface area (Å²) in [6.45, 7) is 2.00. The zero-order valence-corrected chi connectivity index (χ0v) is 9.70. The average Bonchev–Trinajstić information content (AvgIpc) is 2.81. The summed E-state index contributed by atoms with van der Waals surface area (Å²) in [5, 5.41) is 0.225. The van der Waals surface area contributed by atoms with Crippen molar-refractivity contribution in [2.75, 3.05) is 18.0 Å². The fraction of sp³-hybridized carbons (Fsp3) is 0.636. The summed E-state index contributed by atoms with van der Waals surface area (Å²) < 4.78 is 0. The minimum absolute atomic E-state index is 0.225. The van der Waals surface area contributed by atoms with E-state index in [1.54, 1.807) is 0 Å². The van der Waals surface area contributed by atoms with Crippen molar-refractivity contribution in [1.29, 1.82) is 0 Å². The summed E-state index contributed by atoms with van der Waals surface area (Å²) >= 11 is 5.98. The third kappa shape index (κ3) is 1.52. The lowest BCUT2D eigenvalue weighted by Gasteiger charge is -2.18. The molecule has 16 heavy (non-hydrogen) atoms. The highest BCUT2D eigenvalue weighted by Crippen LogP contribution is 2.39. The van der Waals surface area contributed by atoms with Gasteiger partial charge in [0, 0.05) is 13.1 Å². The van der Waals surface area contributed by atoms with Crippen LogP contribution in [0.3, 0.4) is 0 Å². The van der Waals surface area contributed by atoms with Crippen molar-refractivity contribution < 1.29 is 0 Å². The maximum atomic E-state index is 11.4. The first-order valence-electron chi connectivity index (χ1n) is 5.74. The van der Waals surface area contributed by atoms with Gasteiger partial charge >= 0.3 is 0 Å². The third-order valence-corrected chi connectivity index (χ3v) is 4.14. The van der Waals surface area contributed by atoms with Crippen molar-refractivity contribution in [2.45, 2.75) is 19.3 Å². The Hall–Kier alpha value is -1.03. The van der Waals surface area contributed by atoms with Gasteiger partial charge in [-0.3, -0.25) is 4.79 Å². The molecule has 5 heteroatoms. The van der Waals surface area contributed by atoms with Gasteiger partial charge in [-0.15, -0.1) is 0 Å². The van der Waals surface area contributed by atoms with Crippen LogP contribution in [-0.4, -0.2) is 23.1 Å². The Morgan fingerprint density at radius 1 is 1.38 bits per heavy atom. The Morgan fingerprint density at radius 2 is 2.06 bits per heavy atom. The normalized spacial score (nSPS) is 28.4. The van der Waals surface area contributed by atoms with Crippen molar-refractivity contribution in [3.8, 4) is 0 Å². The zero-order valence-electron chi connectivity index (χ0n) is 8.95. The maximum absolute atomic E-state index is 11.4. The number of H-pyrrole nitrogens is 1. The summed E-state index contributed by atoms with van der Waals surface area (Å²) in [6.07, 6.45) is 5.39. The standard InChI is InChI=1S/C11H14ClN3O/c12-9-10(13-6-14-11(9)16)15-4-7-2-1-3-8(7)5-15/h6-8H,1-5H2,(H,13,14,16). The molecule has 3 rings (SSSR count). The number of aromatic amines is 1. The van der Waals surface area contributed by atoms with Gasteiger partial charge in [-0.2, -0.15) is 0 Å². The summed E-state index contributed by atoms with van der Waals surface area (Å²) in [5.41, 5.74) is -0.247. The predicted molar refractivity (Wildman–Crippen MR) is 62.9 cm³/mol. The van der Waals surface area contributed by atoms with Gasteiger partial charge in [0.2, 0.25) is 0 Å². The lowest BCUT2D eigenvalue weighted by molar-refractivity contribution is 0.494. The van der Waals surface area contributed by atoms with Gasteiger partial charge in [-0.25, -0.2) is 4.98 Å². The highest BCUT2D eigenvalue weighted by atomic mass is 35.5. The van der Waals surface area contributed by atoms with E-state index in [2.05, 4.69) is 14.9 Å². The van der Waals surface area contributed by atoms with Crippen molar-refractivity contribution in [3.05, 3.63) is 21.7 Å². The molecule has 1 N–H and O–H groups in total. The Morgan fingerprint density at radius 3 is 2.75 bits per heavy atom. The van der Waals surface area contributed by atoms with Crippen molar-refractivity contribution in [1.82, 2.24) is 9.97 Å². The van der Waals surface area contributed by atoms with E-state index in [1.165, 1.54) is 25.6 Å². The molecule has 1 saturated carbocycles. The Kier molecular flexibility index (Phi) is 2.39. The number of hydrogen-bond donors (Lipinski definition) is 1. The molecule has 0 bridgehead atoms. The van der Waals surface area contributed by atoms with E-state index in [0.29, 0.717) is 5.82 Å². The highest BCUT2D eigenvalue weighted by Gasteiger charge is 2.37. The van der Waals surface area contributed by atoms with Crippen LogP contribution in [-0.2, 0) is 0 Å². The van der Waals surface area contributed by atoms with Crippen molar-refractivity contribution >= 4 is 17.4 Å². The molecule has 2 fully saturated rings. The van der Waals surface area contributed by atoms with Gasteiger partial charge in [0.05, 0.1) is 6.33 Å². The van der Waals surface area contributed by atoms with Crippen LogP contribution < -0.4 is 10.5 Å². The number of aromatic nitrogens is 2. The molecule has 1 aliphatic carbocycles. The molecule has 0 radical (unpaired) electrons. The fourth-order valence-corrected chi connectivity index (χ4v) is 3.22. The maximum Gasteiger partial charge on any atom is 0.271 e. The lowest BCUT2D eigenvalue weighted by Crippen LogP contribution is -2.24. The average molecular weight is 240 g/mol. The minimum Gasteiger partial charge on any atom is -0.355 e. The molecule has 86 valence electrons. The van der Waals surface area contributed by atoms with Crippen LogP contribution in [0.25, 0.3) is 0 Å². The molecular weight excluding hydrogens is 226 g/mol. The molecule has 1 aromatic rings. The summed E-state index contributed by atoms with van der Waals surface area (Å²) in [6, 6.07) is 0. The second-order valence-electron chi connectivity index (χ2n) is 4.73. The van der Waals surface area contributed by atoms with Crippen LogP contribution in [0.15, 0.2) is 11.1 Å². The smallest absolute Gasteiger partial charge is 0.271 e. The Labute approximate surface area is 98.6 Å². The zero-order chi connectivity index (χ0) is 11.1. The van der Waals surface area contributed by atoms with Crippen LogP contribution in [0, 0.1) is 11.8 Å². The first-order valence-corrected chi connectivity index (χ1v) is 6.11. The number of anilines is 1. The molecule has 2 atom stereocenters. The highest BCUT2D eigenvalue weighted by molar-refractivity contribution is 6.32. The van der Waals surface area contributed by atoms with Crippen molar-refractivity contribution in [3.63, 3.8) is 0 Å². The van der Waals surface area contributed by atoms with E-state index in [0.717, 1.165) is 24.9 Å². The molecule has 1 saturated heterocycles.